The third-order valence-electron chi connectivity index (χ3n) is 30.5. The summed E-state index contributed by atoms with van der Waals surface area (Å²) in [5.74, 6) is 0. The van der Waals surface area contributed by atoms with Crippen molar-refractivity contribution in [1.82, 2.24) is 27.4 Å². The maximum Gasteiger partial charge on any atom is 0.0715 e. The van der Waals surface area contributed by atoms with Gasteiger partial charge in [-0.1, -0.05) is 312 Å². The van der Waals surface area contributed by atoms with Crippen LogP contribution in [-0.4, -0.2) is 27.4 Å². The monoisotopic (exact) mass is 1760 g/mol. The Bertz CT molecular complexity index is 7560. The lowest BCUT2D eigenvalue weighted by Gasteiger charge is -2.34. The molecule has 135 heavy (non-hydrogen) atoms. The second-order valence-electron chi connectivity index (χ2n) is 47.6. The summed E-state index contributed by atoms with van der Waals surface area (Å²) < 4.78 is 15.4. The van der Waals surface area contributed by atoms with E-state index in [0.29, 0.717) is 0 Å². The van der Waals surface area contributed by atoms with E-state index in [-0.39, 0.29) is 43.3 Å². The molecule has 6 heterocycles. The van der Waals surface area contributed by atoms with E-state index in [4.69, 9.17) is 0 Å². The van der Waals surface area contributed by atoms with Gasteiger partial charge in [0.15, 0.2) is 0 Å². The minimum Gasteiger partial charge on any atom is -0.309 e. The van der Waals surface area contributed by atoms with Crippen molar-refractivity contribution in [2.45, 2.75) is 215 Å². The highest BCUT2D eigenvalue weighted by Gasteiger charge is 2.47. The summed E-state index contributed by atoms with van der Waals surface area (Å²) in [5, 5.41) is 14.9. The van der Waals surface area contributed by atoms with Crippen LogP contribution in [0.15, 0.2) is 315 Å². The van der Waals surface area contributed by atoms with E-state index in [2.05, 4.69) is 509 Å². The van der Waals surface area contributed by atoms with Crippen LogP contribution in [0, 0.1) is 0 Å². The summed E-state index contributed by atoms with van der Waals surface area (Å²) in [6.45, 7) is 56.1. The van der Waals surface area contributed by atoms with Gasteiger partial charge in [-0.2, -0.15) is 0 Å². The van der Waals surface area contributed by atoms with E-state index in [1.165, 1.54) is 187 Å². The standard InChI is InChI=1S/C129H124N6/c1-121(2,3)79-35-55-109-99(63-79)100-64-80(122(4,5)6)36-56-110(100)130(109)89-45-51-95-96-52-46-90(131-111-57-37-81(123(7,8)9)65-101(111)102-66-82(124(10,11)12)38-58-112(102)131)74-118(96)134(117(95)73-89)87-43-49-93-94-50-44-88(72-108(94)129(107(93)71-87,77-31-27-25-28-32-77)78-33-29-26-30-34-78)135-119-75-91(132-113-59-39-83(125(13,14)15)67-103(113)104-68-84(126(16,17)18)40-60-114(104)132)47-53-97(119)98-54-48-92(76-120(98)135)133-115-61-41-85(127(19,20)21)69-105(115)106-70-86(128(22,23)24)42-62-116(106)133/h25-76H,1-24H3. The third kappa shape index (κ3) is 13.3. The fraction of sp³-hybridized carbons (Fsp3) is 0.256. The predicted molar refractivity (Wildman–Crippen MR) is 579 cm³/mol. The summed E-state index contributed by atoms with van der Waals surface area (Å²) >= 11 is 0. The van der Waals surface area contributed by atoms with Crippen LogP contribution in [-0.2, 0) is 48.7 Å². The minimum absolute atomic E-state index is 0.0529. The molecular weight excluding hydrogens is 1630 g/mol. The molecule has 22 aromatic rings. The van der Waals surface area contributed by atoms with Crippen molar-refractivity contribution in [3.63, 3.8) is 0 Å². The van der Waals surface area contributed by atoms with Crippen molar-refractivity contribution < 1.29 is 0 Å². The van der Waals surface area contributed by atoms with Gasteiger partial charge in [0.25, 0.3) is 0 Å². The Morgan fingerprint density at radius 1 is 0.148 bits per heavy atom. The van der Waals surface area contributed by atoms with Crippen molar-refractivity contribution in [3.05, 3.63) is 382 Å². The van der Waals surface area contributed by atoms with Gasteiger partial charge in [0, 0.05) is 98.8 Å². The Labute approximate surface area is 795 Å². The molecule has 0 unspecified atom stereocenters. The van der Waals surface area contributed by atoms with E-state index < -0.39 is 5.41 Å². The summed E-state index contributed by atoms with van der Waals surface area (Å²) in [4.78, 5) is 0. The summed E-state index contributed by atoms with van der Waals surface area (Å²) in [6.07, 6.45) is 0. The number of nitrogens with zero attached hydrogens (tertiary/aromatic N) is 6. The summed E-state index contributed by atoms with van der Waals surface area (Å²) in [6, 6.07) is 125. The van der Waals surface area contributed by atoms with E-state index in [0.717, 1.165) is 56.2 Å². The highest BCUT2D eigenvalue weighted by molar-refractivity contribution is 6.17. The molecule has 6 aromatic heterocycles. The molecule has 0 spiro atoms. The molecule has 0 saturated heterocycles. The average Bonchev–Trinajstić information content (AvgIpc) is 1.52. The van der Waals surface area contributed by atoms with Crippen LogP contribution >= 0.6 is 0 Å². The van der Waals surface area contributed by atoms with Crippen LogP contribution in [0.5, 0.6) is 0 Å². The van der Waals surface area contributed by atoms with E-state index >= 15 is 0 Å². The molecule has 6 nitrogen and oxygen atoms in total. The molecule has 0 atom stereocenters. The van der Waals surface area contributed by atoms with Gasteiger partial charge in [-0.15, -0.1) is 0 Å². The van der Waals surface area contributed by atoms with Crippen molar-refractivity contribution in [2.75, 3.05) is 0 Å². The van der Waals surface area contributed by atoms with Gasteiger partial charge in [0.2, 0.25) is 0 Å². The van der Waals surface area contributed by atoms with Crippen LogP contribution < -0.4 is 0 Å². The maximum atomic E-state index is 2.63. The second kappa shape index (κ2) is 29.2. The molecule has 0 amide bonds. The first kappa shape index (κ1) is 85.5. The summed E-state index contributed by atoms with van der Waals surface area (Å²) in [5.41, 5.74) is 37.2. The number of hydrogen-bond acceptors (Lipinski definition) is 0. The first-order valence-corrected chi connectivity index (χ1v) is 48.9. The lowest BCUT2D eigenvalue weighted by atomic mass is 9.67. The van der Waals surface area contributed by atoms with Gasteiger partial charge >= 0.3 is 0 Å². The molecule has 1 aliphatic rings. The van der Waals surface area contributed by atoms with Gasteiger partial charge in [-0.3, -0.25) is 0 Å². The lowest BCUT2D eigenvalue weighted by Crippen LogP contribution is -2.28. The molecule has 0 aliphatic heterocycles. The highest BCUT2D eigenvalue weighted by atomic mass is 15.0. The smallest absolute Gasteiger partial charge is 0.0715 e. The van der Waals surface area contributed by atoms with Crippen molar-refractivity contribution in [2.24, 2.45) is 0 Å². The van der Waals surface area contributed by atoms with Crippen molar-refractivity contribution >= 4 is 131 Å². The molecule has 0 N–H and O–H groups in total. The SMILES string of the molecule is CC(C)(C)c1ccc2c(c1)c1cc(C(C)(C)C)ccc1n2-c1ccc2c3ccc(-n4c5ccc(C(C)(C)C)cc5c5cc(C(C)(C)C)ccc54)cc3n(-c3ccc4c(c3)C(c3ccccc3)(c3ccccc3)c3cc(-n5c6cc(-n7c8ccc(C(C)(C)C)cc8c8cc(C(C)(C)C)ccc87)ccc6c6ccc(-n7c8ccc(C(C)(C)C)cc8c8cc(C(C)(C)C)ccc87)cc65)ccc3-4)c2c1. The number of benzene rings is 16. The van der Waals surface area contributed by atoms with E-state index in [1.807, 2.05) is 0 Å². The van der Waals surface area contributed by atoms with E-state index in [1.54, 1.807) is 0 Å². The normalized spacial score (nSPS) is 13.8. The Hall–Kier alpha value is -13.7. The minimum atomic E-state index is -0.855. The molecule has 670 valence electrons. The summed E-state index contributed by atoms with van der Waals surface area (Å²) in [7, 11) is 0. The van der Waals surface area contributed by atoms with Gasteiger partial charge in [-0.05, 0) is 291 Å². The molecule has 0 radical (unpaired) electrons. The Morgan fingerprint density at radius 2 is 0.319 bits per heavy atom. The number of aromatic nitrogens is 6. The highest BCUT2D eigenvalue weighted by Crippen LogP contribution is 2.59. The van der Waals surface area contributed by atoms with Gasteiger partial charge in [0.05, 0.1) is 71.6 Å². The molecule has 0 saturated carbocycles. The average molecular weight is 1760 g/mol. The molecule has 23 rings (SSSR count). The zero-order chi connectivity index (χ0) is 94.1. The molecular formula is C129H124N6. The van der Waals surface area contributed by atoms with Gasteiger partial charge < -0.3 is 27.4 Å². The Morgan fingerprint density at radius 3 is 0.504 bits per heavy atom. The Kier molecular flexibility index (Phi) is 18.5. The van der Waals surface area contributed by atoms with E-state index in [9.17, 15) is 0 Å². The molecule has 0 bridgehead atoms. The molecule has 0 fully saturated rings. The molecule has 6 heteroatoms. The topological polar surface area (TPSA) is 29.6 Å². The van der Waals surface area contributed by atoms with Crippen molar-refractivity contribution in [3.8, 4) is 45.3 Å². The number of hydrogen-bond donors (Lipinski definition) is 0. The number of fused-ring (bicyclic) bond motifs is 21. The first-order valence-electron chi connectivity index (χ1n) is 48.9. The van der Waals surface area contributed by atoms with Crippen LogP contribution in [0.1, 0.15) is 233 Å². The third-order valence-corrected chi connectivity index (χ3v) is 30.5. The van der Waals surface area contributed by atoms with Crippen molar-refractivity contribution in [1.29, 1.82) is 0 Å². The van der Waals surface area contributed by atoms with Gasteiger partial charge in [-0.25, -0.2) is 0 Å². The predicted octanol–water partition coefficient (Wildman–Crippen LogP) is 35.0. The molecule has 16 aromatic carbocycles. The van der Waals surface area contributed by atoms with Crippen LogP contribution in [0.25, 0.3) is 176 Å². The fourth-order valence-electron chi connectivity index (χ4n) is 22.8. The van der Waals surface area contributed by atoms with Gasteiger partial charge in [0.1, 0.15) is 0 Å². The molecule has 1 aliphatic carbocycles. The Balaban J connectivity index is 0.795. The zero-order valence-corrected chi connectivity index (χ0v) is 83.2. The second-order valence-corrected chi connectivity index (χ2v) is 47.6. The van der Waals surface area contributed by atoms with Crippen LogP contribution in [0.4, 0.5) is 0 Å². The first-order chi connectivity index (χ1) is 64.0. The van der Waals surface area contributed by atoms with Crippen LogP contribution in [0.3, 0.4) is 0 Å². The largest absolute Gasteiger partial charge is 0.309 e. The number of rotatable bonds is 8. The maximum absolute atomic E-state index is 2.63. The zero-order valence-electron chi connectivity index (χ0n) is 83.2. The lowest BCUT2D eigenvalue weighted by molar-refractivity contribution is 0.590. The quantitative estimate of drug-likeness (QED) is 0.145. The van der Waals surface area contributed by atoms with Crippen LogP contribution in [0.2, 0.25) is 0 Å². The fourth-order valence-corrected chi connectivity index (χ4v) is 22.8.